The number of hydrogen-bond acceptors (Lipinski definition) is 3. The second-order valence-corrected chi connectivity index (χ2v) is 4.94. The molecule has 0 spiro atoms. The Morgan fingerprint density at radius 3 is 2.78 bits per heavy atom. The van der Waals surface area contributed by atoms with Gasteiger partial charge in [0.05, 0.1) is 18.3 Å². The van der Waals surface area contributed by atoms with Crippen LogP contribution >= 0.6 is 0 Å². The van der Waals surface area contributed by atoms with Crippen LogP contribution in [0.25, 0.3) is 5.78 Å². The van der Waals surface area contributed by atoms with Crippen LogP contribution in [0.1, 0.15) is 31.8 Å². The monoisotopic (exact) mass is 250 g/mol. The molecule has 2 rings (SSSR count). The van der Waals surface area contributed by atoms with Gasteiger partial charge in [-0.25, -0.2) is 9.50 Å². The first-order valence-electron chi connectivity index (χ1n) is 6.09. The van der Waals surface area contributed by atoms with Crippen LogP contribution in [0.5, 0.6) is 0 Å². The average Bonchev–Trinajstić information content (AvgIpc) is 2.77. The fraction of sp³-hybridized carbons (Fsp3) is 0.583. The summed E-state index contributed by atoms with van der Waals surface area (Å²) in [5.74, 6) is 1.51. The fourth-order valence-corrected chi connectivity index (χ4v) is 1.91. The van der Waals surface area contributed by atoms with E-state index in [1.54, 1.807) is 4.52 Å². The molecular formula is C12H18N4O2. The first-order chi connectivity index (χ1) is 8.47. The lowest BCUT2D eigenvalue weighted by atomic mass is 10.1. The quantitative estimate of drug-likeness (QED) is 0.867. The summed E-state index contributed by atoms with van der Waals surface area (Å²) in [5.41, 5.74) is 0.770. The SMILES string of the molecule is CC(C)Cc1nn2cc(CCC(=O)O)nc2n1C. The number of nitrogens with zero attached hydrogens (tertiary/aromatic N) is 4. The summed E-state index contributed by atoms with van der Waals surface area (Å²) < 4.78 is 3.69. The zero-order chi connectivity index (χ0) is 13.3. The number of fused-ring (bicyclic) bond motifs is 1. The number of aromatic nitrogens is 4. The molecule has 1 N–H and O–H groups in total. The van der Waals surface area contributed by atoms with Crippen molar-refractivity contribution in [2.24, 2.45) is 13.0 Å². The molecule has 98 valence electrons. The number of imidazole rings is 1. The minimum Gasteiger partial charge on any atom is -0.481 e. The first kappa shape index (κ1) is 12.6. The van der Waals surface area contributed by atoms with Gasteiger partial charge in [0.25, 0.3) is 0 Å². The molecule has 0 aromatic carbocycles. The largest absolute Gasteiger partial charge is 0.481 e. The third-order valence-electron chi connectivity index (χ3n) is 2.82. The predicted octanol–water partition coefficient (Wildman–Crippen LogP) is 1.28. The van der Waals surface area contributed by atoms with Gasteiger partial charge >= 0.3 is 5.97 Å². The minimum atomic E-state index is -0.805. The normalized spacial score (nSPS) is 11.6. The molecule has 0 unspecified atom stereocenters. The number of hydrogen-bond donors (Lipinski definition) is 1. The van der Waals surface area contributed by atoms with Gasteiger partial charge in [0, 0.05) is 19.9 Å². The van der Waals surface area contributed by atoms with Crippen LogP contribution in [0.4, 0.5) is 0 Å². The zero-order valence-corrected chi connectivity index (χ0v) is 10.9. The van der Waals surface area contributed by atoms with Crippen LogP contribution in [0.15, 0.2) is 6.20 Å². The molecule has 6 nitrogen and oxygen atoms in total. The highest BCUT2D eigenvalue weighted by molar-refractivity contribution is 5.67. The van der Waals surface area contributed by atoms with E-state index in [-0.39, 0.29) is 6.42 Å². The Morgan fingerprint density at radius 2 is 2.22 bits per heavy atom. The molecule has 0 saturated carbocycles. The van der Waals surface area contributed by atoms with Crippen molar-refractivity contribution in [1.82, 2.24) is 19.2 Å². The zero-order valence-electron chi connectivity index (χ0n) is 10.9. The van der Waals surface area contributed by atoms with Crippen molar-refractivity contribution in [1.29, 1.82) is 0 Å². The maximum atomic E-state index is 10.5. The summed E-state index contributed by atoms with van der Waals surface area (Å²) in [5, 5.41) is 13.1. The Hall–Kier alpha value is -1.85. The Labute approximate surface area is 105 Å². The van der Waals surface area contributed by atoms with Gasteiger partial charge in [-0.1, -0.05) is 13.8 Å². The molecule has 0 aliphatic rings. The number of carboxylic acids is 1. The molecule has 18 heavy (non-hydrogen) atoms. The summed E-state index contributed by atoms with van der Waals surface area (Å²) >= 11 is 0. The third kappa shape index (κ3) is 2.52. The minimum absolute atomic E-state index is 0.0999. The molecule has 2 heterocycles. The Bertz CT molecular complexity index is 568. The van der Waals surface area contributed by atoms with Gasteiger partial charge in [0.1, 0.15) is 5.82 Å². The van der Waals surface area contributed by atoms with E-state index in [1.165, 1.54) is 0 Å². The molecule has 0 bridgehead atoms. The van der Waals surface area contributed by atoms with E-state index in [9.17, 15) is 4.79 Å². The van der Waals surface area contributed by atoms with Crippen molar-refractivity contribution >= 4 is 11.7 Å². The van der Waals surface area contributed by atoms with Crippen molar-refractivity contribution in [3.05, 3.63) is 17.7 Å². The molecule has 0 fully saturated rings. The molecule has 0 aliphatic heterocycles. The molecular weight excluding hydrogens is 232 g/mol. The number of carboxylic acid groups (broad SMARTS) is 1. The third-order valence-corrected chi connectivity index (χ3v) is 2.82. The second kappa shape index (κ2) is 4.80. The van der Waals surface area contributed by atoms with Gasteiger partial charge in [-0.3, -0.25) is 4.79 Å². The van der Waals surface area contributed by atoms with E-state index in [0.29, 0.717) is 12.3 Å². The molecule has 6 heteroatoms. The van der Waals surface area contributed by atoms with Crippen molar-refractivity contribution in [3.63, 3.8) is 0 Å². The average molecular weight is 250 g/mol. The molecule has 0 saturated heterocycles. The van der Waals surface area contributed by atoms with Gasteiger partial charge in [0.15, 0.2) is 0 Å². The maximum Gasteiger partial charge on any atom is 0.303 e. The fourth-order valence-electron chi connectivity index (χ4n) is 1.91. The van der Waals surface area contributed by atoms with Gasteiger partial charge in [-0.05, 0) is 5.92 Å². The number of aryl methyl sites for hydroxylation is 2. The molecule has 0 amide bonds. The highest BCUT2D eigenvalue weighted by Crippen LogP contribution is 2.11. The lowest BCUT2D eigenvalue weighted by molar-refractivity contribution is -0.136. The van der Waals surface area contributed by atoms with Crippen LogP contribution in [-0.4, -0.2) is 30.2 Å². The Kier molecular flexibility index (Phi) is 3.36. The maximum absolute atomic E-state index is 10.5. The van der Waals surface area contributed by atoms with E-state index in [2.05, 4.69) is 23.9 Å². The summed E-state index contributed by atoms with van der Waals surface area (Å²) in [7, 11) is 1.94. The lowest BCUT2D eigenvalue weighted by Crippen LogP contribution is -2.03. The summed E-state index contributed by atoms with van der Waals surface area (Å²) in [4.78, 5) is 14.9. The first-order valence-corrected chi connectivity index (χ1v) is 6.09. The smallest absolute Gasteiger partial charge is 0.303 e. The van der Waals surface area contributed by atoms with E-state index in [4.69, 9.17) is 5.11 Å². The van der Waals surface area contributed by atoms with Gasteiger partial charge in [-0.2, -0.15) is 5.10 Å². The van der Waals surface area contributed by atoms with Gasteiger partial charge in [-0.15, -0.1) is 0 Å². The van der Waals surface area contributed by atoms with Gasteiger partial charge < -0.3 is 9.67 Å². The van der Waals surface area contributed by atoms with Crippen LogP contribution in [0, 0.1) is 5.92 Å². The highest BCUT2D eigenvalue weighted by atomic mass is 16.4. The number of carbonyl (C=O) groups is 1. The number of aliphatic carboxylic acids is 1. The molecule has 0 atom stereocenters. The second-order valence-electron chi connectivity index (χ2n) is 4.94. The molecule has 2 aromatic rings. The standard InChI is InChI=1S/C12H18N4O2/c1-8(2)6-10-14-16-7-9(4-5-11(17)18)13-12(16)15(10)3/h7-8H,4-6H2,1-3H3,(H,17,18). The Balaban J connectivity index is 2.23. The molecule has 2 aromatic heterocycles. The van der Waals surface area contributed by atoms with Crippen molar-refractivity contribution in [3.8, 4) is 0 Å². The lowest BCUT2D eigenvalue weighted by Gasteiger charge is -2.02. The van der Waals surface area contributed by atoms with Crippen LogP contribution in [0.2, 0.25) is 0 Å². The van der Waals surface area contributed by atoms with E-state index in [0.717, 1.165) is 23.7 Å². The highest BCUT2D eigenvalue weighted by Gasteiger charge is 2.13. The topological polar surface area (TPSA) is 72.4 Å². The van der Waals surface area contributed by atoms with E-state index in [1.807, 2.05) is 17.8 Å². The number of rotatable bonds is 5. The van der Waals surface area contributed by atoms with Crippen molar-refractivity contribution in [2.75, 3.05) is 0 Å². The van der Waals surface area contributed by atoms with Crippen molar-refractivity contribution in [2.45, 2.75) is 33.1 Å². The summed E-state index contributed by atoms with van der Waals surface area (Å²) in [6, 6.07) is 0. The van der Waals surface area contributed by atoms with Crippen LogP contribution < -0.4 is 0 Å². The molecule has 0 radical (unpaired) electrons. The van der Waals surface area contributed by atoms with Gasteiger partial charge in [0.2, 0.25) is 5.78 Å². The van der Waals surface area contributed by atoms with E-state index < -0.39 is 5.97 Å². The van der Waals surface area contributed by atoms with Crippen LogP contribution in [-0.2, 0) is 24.7 Å². The Morgan fingerprint density at radius 1 is 1.50 bits per heavy atom. The summed E-state index contributed by atoms with van der Waals surface area (Å²) in [6.07, 6.45) is 3.26. The summed E-state index contributed by atoms with van der Waals surface area (Å²) in [6.45, 7) is 4.30. The van der Waals surface area contributed by atoms with E-state index >= 15 is 0 Å². The molecule has 0 aliphatic carbocycles. The van der Waals surface area contributed by atoms with Crippen molar-refractivity contribution < 1.29 is 9.90 Å². The van der Waals surface area contributed by atoms with Crippen LogP contribution in [0.3, 0.4) is 0 Å². The predicted molar refractivity (Wildman–Crippen MR) is 66.5 cm³/mol.